The molecule has 2 N–H and O–H groups in total. The largest absolute Gasteiger partial charge is 0.479 e. The molecule has 7 heteroatoms. The van der Waals surface area contributed by atoms with Gasteiger partial charge in [0, 0.05) is 31.5 Å². The van der Waals surface area contributed by atoms with Crippen LogP contribution in [0.2, 0.25) is 0 Å². The second kappa shape index (κ2) is 4.34. The third-order valence-corrected chi connectivity index (χ3v) is 3.60. The molecule has 0 amide bonds. The van der Waals surface area contributed by atoms with Gasteiger partial charge in [-0.25, -0.2) is 9.78 Å². The predicted octanol–water partition coefficient (Wildman–Crippen LogP) is 0.234. The summed E-state index contributed by atoms with van der Waals surface area (Å²) in [6.07, 6.45) is 5.45. The van der Waals surface area contributed by atoms with Crippen LogP contribution in [-0.4, -0.2) is 39.4 Å². The molecule has 19 heavy (non-hydrogen) atoms. The summed E-state index contributed by atoms with van der Waals surface area (Å²) in [6, 6.07) is 0.233. The van der Waals surface area contributed by atoms with Gasteiger partial charge < -0.3 is 19.7 Å². The number of nitrogens with zero attached hydrogens (tertiary/aromatic N) is 2. The Kier molecular flexibility index (Phi) is 2.78. The van der Waals surface area contributed by atoms with Crippen molar-refractivity contribution in [3.8, 4) is 0 Å². The fourth-order valence-electron chi connectivity index (χ4n) is 2.26. The van der Waals surface area contributed by atoms with Crippen molar-refractivity contribution in [3.63, 3.8) is 0 Å². The average Bonchev–Trinajstić information content (AvgIpc) is 3.11. The van der Waals surface area contributed by atoms with Crippen molar-refractivity contribution in [3.05, 3.63) is 22.7 Å². The van der Waals surface area contributed by atoms with Crippen molar-refractivity contribution in [2.75, 3.05) is 18.5 Å². The normalized spacial score (nSPS) is 26.3. The van der Waals surface area contributed by atoms with Crippen LogP contribution in [0.25, 0.3) is 0 Å². The summed E-state index contributed by atoms with van der Waals surface area (Å²) in [6.45, 7) is 0.407. The van der Waals surface area contributed by atoms with Crippen molar-refractivity contribution in [2.45, 2.75) is 30.8 Å². The molecule has 0 radical (unpaired) electrons. The maximum Gasteiger partial charge on any atom is 0.331 e. The fourth-order valence-corrected chi connectivity index (χ4v) is 2.26. The monoisotopic (exact) mass is 265 g/mol. The molecule has 0 aromatic carbocycles. The first kappa shape index (κ1) is 12.2. The van der Waals surface area contributed by atoms with Gasteiger partial charge in [-0.05, 0) is 12.8 Å². The Hall–Kier alpha value is -1.89. The molecule has 1 unspecified atom stereocenters. The maximum absolute atomic E-state index is 12.2. The number of hydrogen-bond donors (Lipinski definition) is 2. The number of rotatable bonds is 4. The minimum atomic E-state index is -1.24. The van der Waals surface area contributed by atoms with E-state index in [9.17, 15) is 14.7 Å². The second-order valence-electron chi connectivity index (χ2n) is 5.03. The quantitative estimate of drug-likeness (QED) is 0.809. The lowest BCUT2D eigenvalue weighted by molar-refractivity contribution is -0.142. The number of aliphatic carboxylic acids is 1. The van der Waals surface area contributed by atoms with E-state index in [1.165, 1.54) is 6.20 Å². The van der Waals surface area contributed by atoms with Crippen molar-refractivity contribution < 1.29 is 14.6 Å². The number of carboxylic acids is 1. The molecule has 3 rings (SSSR count). The molecule has 0 spiro atoms. The predicted molar refractivity (Wildman–Crippen MR) is 66.2 cm³/mol. The summed E-state index contributed by atoms with van der Waals surface area (Å²) >= 11 is 0. The molecule has 1 aliphatic carbocycles. The summed E-state index contributed by atoms with van der Waals surface area (Å²) in [5.41, 5.74) is -1.51. The topological polar surface area (TPSA) is 93.5 Å². The lowest BCUT2D eigenvalue weighted by Crippen LogP contribution is -2.48. The number of carboxylic acid groups (broad SMARTS) is 1. The average molecular weight is 265 g/mol. The van der Waals surface area contributed by atoms with E-state index >= 15 is 0 Å². The van der Waals surface area contributed by atoms with Gasteiger partial charge in [-0.3, -0.25) is 4.79 Å². The van der Waals surface area contributed by atoms with Crippen LogP contribution in [0.3, 0.4) is 0 Å². The Balaban J connectivity index is 1.92. The first-order valence-corrected chi connectivity index (χ1v) is 6.29. The number of anilines is 1. The highest BCUT2D eigenvalue weighted by Gasteiger charge is 2.43. The molecule has 1 atom stereocenters. The summed E-state index contributed by atoms with van der Waals surface area (Å²) < 4.78 is 6.76. The zero-order chi connectivity index (χ0) is 13.5. The Morgan fingerprint density at radius 2 is 2.37 bits per heavy atom. The number of carbonyl (C=O) groups is 1. The molecule has 0 bridgehead atoms. The lowest BCUT2D eigenvalue weighted by atomic mass is 9.99. The first-order valence-electron chi connectivity index (χ1n) is 6.29. The van der Waals surface area contributed by atoms with Gasteiger partial charge in [-0.2, -0.15) is 0 Å². The Labute approximate surface area is 109 Å². The number of ether oxygens (including phenoxy) is 1. The SMILES string of the molecule is O=C(O)C1(Nc2nccn(C3CC3)c2=O)CCOC1. The second-order valence-corrected chi connectivity index (χ2v) is 5.03. The van der Waals surface area contributed by atoms with E-state index in [0.717, 1.165) is 12.8 Å². The minimum absolute atomic E-state index is 0.0434. The third kappa shape index (κ3) is 2.10. The smallest absolute Gasteiger partial charge is 0.331 e. The molecule has 2 heterocycles. The highest BCUT2D eigenvalue weighted by atomic mass is 16.5. The van der Waals surface area contributed by atoms with Gasteiger partial charge in [0.25, 0.3) is 5.56 Å². The van der Waals surface area contributed by atoms with Gasteiger partial charge >= 0.3 is 5.97 Å². The van der Waals surface area contributed by atoms with Crippen LogP contribution in [0.15, 0.2) is 17.2 Å². The van der Waals surface area contributed by atoms with Crippen LogP contribution >= 0.6 is 0 Å². The summed E-state index contributed by atoms with van der Waals surface area (Å²) in [5, 5.41) is 12.1. The van der Waals surface area contributed by atoms with E-state index in [2.05, 4.69) is 10.3 Å². The van der Waals surface area contributed by atoms with E-state index < -0.39 is 11.5 Å². The van der Waals surface area contributed by atoms with Crippen molar-refractivity contribution in [1.29, 1.82) is 0 Å². The highest BCUT2D eigenvalue weighted by molar-refractivity contribution is 5.83. The molecule has 1 saturated carbocycles. The zero-order valence-corrected chi connectivity index (χ0v) is 10.3. The van der Waals surface area contributed by atoms with Gasteiger partial charge in [0.2, 0.25) is 0 Å². The van der Waals surface area contributed by atoms with Crippen LogP contribution in [-0.2, 0) is 9.53 Å². The standard InChI is InChI=1S/C12H15N3O4/c16-10-9(13-4-5-15(10)8-1-2-8)14-12(11(17)18)3-6-19-7-12/h4-5,8H,1-3,6-7H2,(H,13,14)(H,17,18). The zero-order valence-electron chi connectivity index (χ0n) is 10.3. The first-order chi connectivity index (χ1) is 9.12. The molecule has 7 nitrogen and oxygen atoms in total. The maximum atomic E-state index is 12.2. The van der Waals surface area contributed by atoms with Crippen LogP contribution in [0.4, 0.5) is 5.82 Å². The van der Waals surface area contributed by atoms with Crippen LogP contribution < -0.4 is 10.9 Å². The van der Waals surface area contributed by atoms with Gasteiger partial charge in [-0.15, -0.1) is 0 Å². The summed E-state index contributed by atoms with van der Waals surface area (Å²) in [7, 11) is 0. The van der Waals surface area contributed by atoms with Gasteiger partial charge in [0.1, 0.15) is 0 Å². The van der Waals surface area contributed by atoms with Gasteiger partial charge in [-0.1, -0.05) is 0 Å². The van der Waals surface area contributed by atoms with E-state index in [0.29, 0.717) is 13.0 Å². The third-order valence-electron chi connectivity index (χ3n) is 3.60. The molecule has 1 aromatic rings. The fraction of sp³-hybridized carbons (Fsp3) is 0.583. The highest BCUT2D eigenvalue weighted by Crippen LogP contribution is 2.33. The molecule has 2 fully saturated rings. The van der Waals surface area contributed by atoms with Crippen LogP contribution in [0.5, 0.6) is 0 Å². The van der Waals surface area contributed by atoms with Gasteiger partial charge in [0.15, 0.2) is 11.4 Å². The van der Waals surface area contributed by atoms with E-state index in [1.54, 1.807) is 10.8 Å². The molecule has 1 aliphatic heterocycles. The molecule has 2 aliphatic rings. The number of nitrogens with one attached hydrogen (secondary N) is 1. The Morgan fingerprint density at radius 1 is 1.58 bits per heavy atom. The number of hydrogen-bond acceptors (Lipinski definition) is 5. The van der Waals surface area contributed by atoms with Crippen LogP contribution in [0.1, 0.15) is 25.3 Å². The van der Waals surface area contributed by atoms with Crippen LogP contribution in [0, 0.1) is 0 Å². The number of aromatic nitrogens is 2. The molecule has 1 saturated heterocycles. The Morgan fingerprint density at radius 3 is 2.95 bits per heavy atom. The van der Waals surface area contributed by atoms with E-state index in [1.807, 2.05) is 0 Å². The molecule has 1 aromatic heterocycles. The van der Waals surface area contributed by atoms with Gasteiger partial charge in [0.05, 0.1) is 6.61 Å². The van der Waals surface area contributed by atoms with Crippen molar-refractivity contribution in [2.24, 2.45) is 0 Å². The Bertz CT molecular complexity index is 558. The van der Waals surface area contributed by atoms with Crippen molar-refractivity contribution in [1.82, 2.24) is 9.55 Å². The summed E-state index contributed by atoms with van der Waals surface area (Å²) in [5.74, 6) is -0.935. The van der Waals surface area contributed by atoms with E-state index in [4.69, 9.17) is 4.74 Å². The molecular weight excluding hydrogens is 250 g/mol. The van der Waals surface area contributed by atoms with E-state index in [-0.39, 0.29) is 24.0 Å². The minimum Gasteiger partial charge on any atom is -0.479 e. The molecular formula is C12H15N3O4. The van der Waals surface area contributed by atoms with Crippen molar-refractivity contribution >= 4 is 11.8 Å². The lowest BCUT2D eigenvalue weighted by Gasteiger charge is -2.24. The summed E-state index contributed by atoms with van der Waals surface area (Å²) in [4.78, 5) is 27.6. The molecule has 102 valence electrons.